The van der Waals surface area contributed by atoms with E-state index in [2.05, 4.69) is 5.10 Å². The minimum atomic E-state index is -0.449. The van der Waals surface area contributed by atoms with Crippen LogP contribution in [0.2, 0.25) is 0 Å². The van der Waals surface area contributed by atoms with Gasteiger partial charge in [0.2, 0.25) is 0 Å². The van der Waals surface area contributed by atoms with Gasteiger partial charge in [-0.25, -0.2) is 0 Å². The van der Waals surface area contributed by atoms with Crippen molar-refractivity contribution in [3.63, 3.8) is 0 Å². The molecule has 3 rings (SSSR count). The Hall–Kier alpha value is -2.10. The van der Waals surface area contributed by atoms with Crippen molar-refractivity contribution in [3.05, 3.63) is 42.1 Å². The SMILES string of the molecule is COC(=O)C1(c2ccccc2-c2ccnn2C)CC1. The van der Waals surface area contributed by atoms with Crippen molar-refractivity contribution in [1.29, 1.82) is 0 Å². The zero-order chi connectivity index (χ0) is 13.5. The highest BCUT2D eigenvalue weighted by Crippen LogP contribution is 2.51. The minimum Gasteiger partial charge on any atom is -0.468 e. The normalized spacial score (nSPS) is 16.1. The predicted molar refractivity (Wildman–Crippen MR) is 71.6 cm³/mol. The highest BCUT2D eigenvalue weighted by molar-refractivity contribution is 5.89. The van der Waals surface area contributed by atoms with Gasteiger partial charge < -0.3 is 4.74 Å². The Morgan fingerprint density at radius 3 is 2.63 bits per heavy atom. The summed E-state index contributed by atoms with van der Waals surface area (Å²) in [5.74, 6) is -0.137. The maximum absolute atomic E-state index is 12.1. The van der Waals surface area contributed by atoms with Gasteiger partial charge in [-0.1, -0.05) is 24.3 Å². The van der Waals surface area contributed by atoms with Crippen LogP contribution >= 0.6 is 0 Å². The van der Waals surface area contributed by atoms with E-state index in [1.54, 1.807) is 6.20 Å². The Labute approximate surface area is 112 Å². The van der Waals surface area contributed by atoms with Crippen LogP contribution in [0.25, 0.3) is 11.3 Å². The number of rotatable bonds is 3. The molecule has 0 aliphatic heterocycles. The first kappa shape index (κ1) is 12.0. The Kier molecular flexibility index (Phi) is 2.66. The van der Waals surface area contributed by atoms with Crippen LogP contribution in [0.15, 0.2) is 36.5 Å². The van der Waals surface area contributed by atoms with E-state index in [0.717, 1.165) is 29.7 Å². The van der Waals surface area contributed by atoms with Crippen molar-refractivity contribution < 1.29 is 9.53 Å². The lowest BCUT2D eigenvalue weighted by molar-refractivity contribution is -0.143. The fourth-order valence-corrected chi connectivity index (χ4v) is 2.67. The van der Waals surface area contributed by atoms with Crippen molar-refractivity contribution in [1.82, 2.24) is 9.78 Å². The standard InChI is InChI=1S/C15H16N2O2/c1-17-13(7-10-16-17)11-5-3-4-6-12(11)15(8-9-15)14(18)19-2/h3-7,10H,8-9H2,1-2H3. The molecule has 4 nitrogen and oxygen atoms in total. The molecule has 98 valence electrons. The van der Waals surface area contributed by atoms with E-state index in [1.807, 2.05) is 42.1 Å². The van der Waals surface area contributed by atoms with Crippen LogP contribution in [0.4, 0.5) is 0 Å². The van der Waals surface area contributed by atoms with Gasteiger partial charge in [0.1, 0.15) is 0 Å². The van der Waals surface area contributed by atoms with Crippen molar-refractivity contribution in [2.24, 2.45) is 7.05 Å². The van der Waals surface area contributed by atoms with Crippen LogP contribution in [-0.2, 0) is 22.0 Å². The minimum absolute atomic E-state index is 0.137. The monoisotopic (exact) mass is 256 g/mol. The first-order valence-corrected chi connectivity index (χ1v) is 6.35. The number of benzene rings is 1. The van der Waals surface area contributed by atoms with Gasteiger partial charge in [0.15, 0.2) is 0 Å². The predicted octanol–water partition coefficient (Wildman–Crippen LogP) is 2.29. The van der Waals surface area contributed by atoms with E-state index in [-0.39, 0.29) is 5.97 Å². The number of nitrogens with zero attached hydrogens (tertiary/aromatic N) is 2. The van der Waals surface area contributed by atoms with Crippen LogP contribution in [0, 0.1) is 0 Å². The Bertz CT molecular complexity index is 627. The van der Waals surface area contributed by atoms with Crippen molar-refractivity contribution in [2.45, 2.75) is 18.3 Å². The third-order valence-corrected chi connectivity index (χ3v) is 3.87. The van der Waals surface area contributed by atoms with Crippen molar-refractivity contribution in [2.75, 3.05) is 7.11 Å². The molecule has 0 radical (unpaired) electrons. The second-order valence-corrected chi connectivity index (χ2v) is 4.96. The molecule has 2 aromatic rings. The summed E-state index contributed by atoms with van der Waals surface area (Å²) in [6.45, 7) is 0. The zero-order valence-electron chi connectivity index (χ0n) is 11.1. The van der Waals surface area contributed by atoms with E-state index in [1.165, 1.54) is 7.11 Å². The molecule has 0 atom stereocenters. The Morgan fingerprint density at radius 2 is 2.05 bits per heavy atom. The molecular formula is C15H16N2O2. The largest absolute Gasteiger partial charge is 0.468 e. The van der Waals surface area contributed by atoms with Crippen LogP contribution in [0.3, 0.4) is 0 Å². The highest BCUT2D eigenvalue weighted by atomic mass is 16.5. The van der Waals surface area contributed by atoms with Crippen molar-refractivity contribution >= 4 is 5.97 Å². The zero-order valence-corrected chi connectivity index (χ0v) is 11.1. The lowest BCUT2D eigenvalue weighted by atomic mass is 9.90. The number of esters is 1. The van der Waals surface area contributed by atoms with Gasteiger partial charge in [-0.2, -0.15) is 5.10 Å². The van der Waals surface area contributed by atoms with E-state index >= 15 is 0 Å². The number of methoxy groups -OCH3 is 1. The summed E-state index contributed by atoms with van der Waals surface area (Å²) in [4.78, 5) is 12.1. The smallest absolute Gasteiger partial charge is 0.316 e. The summed E-state index contributed by atoms with van der Waals surface area (Å²) < 4.78 is 6.80. The summed E-state index contributed by atoms with van der Waals surface area (Å²) >= 11 is 0. The van der Waals surface area contributed by atoms with Crippen molar-refractivity contribution in [3.8, 4) is 11.3 Å². The Morgan fingerprint density at radius 1 is 1.32 bits per heavy atom. The average Bonchev–Trinajstić information content (AvgIpc) is 3.15. The molecule has 1 saturated carbocycles. The van der Waals surface area contributed by atoms with E-state index < -0.39 is 5.41 Å². The van der Waals surface area contributed by atoms with E-state index in [0.29, 0.717) is 0 Å². The fourth-order valence-electron chi connectivity index (χ4n) is 2.67. The number of aromatic nitrogens is 2. The van der Waals surface area contributed by atoms with Gasteiger partial charge in [-0.05, 0) is 24.5 Å². The summed E-state index contributed by atoms with van der Waals surface area (Å²) in [6.07, 6.45) is 3.48. The molecule has 4 heteroatoms. The number of carbonyl (C=O) groups excluding carboxylic acids is 1. The number of aryl methyl sites for hydroxylation is 1. The molecule has 1 aromatic heterocycles. The fraction of sp³-hybridized carbons (Fsp3) is 0.333. The van der Waals surface area contributed by atoms with Crippen LogP contribution in [0.1, 0.15) is 18.4 Å². The molecule has 0 spiro atoms. The lowest BCUT2D eigenvalue weighted by Gasteiger charge is -2.17. The number of ether oxygens (including phenoxy) is 1. The molecule has 1 aliphatic carbocycles. The van der Waals surface area contributed by atoms with Crippen LogP contribution < -0.4 is 0 Å². The summed E-state index contributed by atoms with van der Waals surface area (Å²) in [7, 11) is 3.36. The quantitative estimate of drug-likeness (QED) is 0.791. The van der Waals surface area contributed by atoms with E-state index in [4.69, 9.17) is 4.74 Å². The maximum Gasteiger partial charge on any atom is 0.316 e. The molecule has 0 N–H and O–H groups in total. The van der Waals surface area contributed by atoms with Gasteiger partial charge in [0.05, 0.1) is 18.2 Å². The second-order valence-electron chi connectivity index (χ2n) is 4.96. The van der Waals surface area contributed by atoms with Crippen LogP contribution in [0.5, 0.6) is 0 Å². The van der Waals surface area contributed by atoms with Gasteiger partial charge >= 0.3 is 5.97 Å². The van der Waals surface area contributed by atoms with Gasteiger partial charge in [0.25, 0.3) is 0 Å². The van der Waals surface area contributed by atoms with Gasteiger partial charge in [-0.15, -0.1) is 0 Å². The number of hydrogen-bond acceptors (Lipinski definition) is 3. The highest BCUT2D eigenvalue weighted by Gasteiger charge is 2.53. The Balaban J connectivity index is 2.14. The van der Waals surface area contributed by atoms with Crippen LogP contribution in [-0.4, -0.2) is 22.9 Å². The number of carbonyl (C=O) groups is 1. The first-order valence-electron chi connectivity index (χ1n) is 6.35. The lowest BCUT2D eigenvalue weighted by Crippen LogP contribution is -2.22. The molecule has 0 saturated heterocycles. The molecule has 0 amide bonds. The topological polar surface area (TPSA) is 44.1 Å². The first-order chi connectivity index (χ1) is 9.19. The molecule has 0 bridgehead atoms. The molecule has 19 heavy (non-hydrogen) atoms. The van der Waals surface area contributed by atoms with Gasteiger partial charge in [0, 0.05) is 18.8 Å². The second kappa shape index (κ2) is 4.23. The average molecular weight is 256 g/mol. The molecule has 1 fully saturated rings. The third kappa shape index (κ3) is 1.75. The molecule has 1 aliphatic rings. The molecule has 1 heterocycles. The third-order valence-electron chi connectivity index (χ3n) is 3.87. The van der Waals surface area contributed by atoms with Gasteiger partial charge in [-0.3, -0.25) is 9.48 Å². The summed E-state index contributed by atoms with van der Waals surface area (Å²) in [5.41, 5.74) is 2.68. The number of hydrogen-bond donors (Lipinski definition) is 0. The maximum atomic E-state index is 12.1. The molecule has 1 aromatic carbocycles. The molecule has 0 unspecified atom stereocenters. The summed E-state index contributed by atoms with van der Waals surface area (Å²) in [6, 6.07) is 9.98. The van der Waals surface area contributed by atoms with E-state index in [9.17, 15) is 4.79 Å². The molecular weight excluding hydrogens is 240 g/mol. The summed E-state index contributed by atoms with van der Waals surface area (Å²) in [5, 5.41) is 4.20.